The summed E-state index contributed by atoms with van der Waals surface area (Å²) >= 11 is 0. The van der Waals surface area contributed by atoms with E-state index in [9.17, 15) is 23.3 Å². The first-order valence-corrected chi connectivity index (χ1v) is 7.96. The summed E-state index contributed by atoms with van der Waals surface area (Å²) in [7, 11) is -4.19. The standard InChI is InChI=1S/C13H18N2O6S/c1-7(2)12(13(16)17)14-22(20,21)11-6-8(3)5-10(9(11)4)15(18)19/h5-7,12,14H,1-4H3,(H,16,17)/t12-/m1/s1. The lowest BCUT2D eigenvalue weighted by molar-refractivity contribution is -0.385. The van der Waals surface area contributed by atoms with E-state index in [1.54, 1.807) is 13.8 Å². The number of carboxylic acid groups (broad SMARTS) is 1. The molecule has 0 saturated heterocycles. The van der Waals surface area contributed by atoms with E-state index in [-0.39, 0.29) is 16.1 Å². The van der Waals surface area contributed by atoms with Gasteiger partial charge < -0.3 is 5.11 Å². The zero-order chi connectivity index (χ0) is 17.2. The number of nitro benzene ring substituents is 1. The van der Waals surface area contributed by atoms with Crippen LogP contribution in [0, 0.1) is 29.9 Å². The molecule has 0 heterocycles. The van der Waals surface area contributed by atoms with E-state index in [0.717, 1.165) is 0 Å². The summed E-state index contributed by atoms with van der Waals surface area (Å²) in [5, 5.41) is 20.1. The van der Waals surface area contributed by atoms with Crippen LogP contribution in [0.5, 0.6) is 0 Å². The van der Waals surface area contributed by atoms with Gasteiger partial charge in [-0.1, -0.05) is 13.8 Å². The fourth-order valence-electron chi connectivity index (χ4n) is 1.98. The van der Waals surface area contributed by atoms with Gasteiger partial charge in [-0.25, -0.2) is 8.42 Å². The molecule has 0 spiro atoms. The van der Waals surface area contributed by atoms with Crippen molar-refractivity contribution in [3.63, 3.8) is 0 Å². The highest BCUT2D eigenvalue weighted by Gasteiger charge is 2.31. The first-order valence-electron chi connectivity index (χ1n) is 6.48. The Kier molecular flexibility index (Phi) is 5.26. The van der Waals surface area contributed by atoms with Crippen LogP contribution in [0.4, 0.5) is 5.69 Å². The highest BCUT2D eigenvalue weighted by Crippen LogP contribution is 2.27. The van der Waals surface area contributed by atoms with Gasteiger partial charge in [-0.3, -0.25) is 14.9 Å². The second-order valence-electron chi connectivity index (χ2n) is 5.35. The van der Waals surface area contributed by atoms with Crippen LogP contribution in [-0.4, -0.2) is 30.5 Å². The van der Waals surface area contributed by atoms with Crippen LogP contribution in [0.1, 0.15) is 25.0 Å². The molecule has 1 atom stereocenters. The highest BCUT2D eigenvalue weighted by molar-refractivity contribution is 7.89. The van der Waals surface area contributed by atoms with Crippen LogP contribution in [-0.2, 0) is 14.8 Å². The number of aliphatic carboxylic acids is 1. The van der Waals surface area contributed by atoms with Crippen LogP contribution in [0.25, 0.3) is 0 Å². The Labute approximate surface area is 128 Å². The van der Waals surface area contributed by atoms with Gasteiger partial charge in [-0.2, -0.15) is 4.72 Å². The molecular formula is C13H18N2O6S. The molecule has 0 aliphatic rings. The van der Waals surface area contributed by atoms with Gasteiger partial charge in [0.1, 0.15) is 6.04 Å². The molecule has 0 amide bonds. The number of sulfonamides is 1. The van der Waals surface area contributed by atoms with Crippen LogP contribution in [0.15, 0.2) is 17.0 Å². The van der Waals surface area contributed by atoms with Gasteiger partial charge in [0.2, 0.25) is 10.0 Å². The average molecular weight is 330 g/mol. The third kappa shape index (κ3) is 3.80. The van der Waals surface area contributed by atoms with Gasteiger partial charge in [0, 0.05) is 11.6 Å². The summed E-state index contributed by atoms with van der Waals surface area (Å²) in [6.07, 6.45) is 0. The van der Waals surface area contributed by atoms with E-state index < -0.39 is 32.9 Å². The number of benzene rings is 1. The Hall–Kier alpha value is -2.00. The highest BCUT2D eigenvalue weighted by atomic mass is 32.2. The molecule has 0 radical (unpaired) electrons. The van der Waals surface area contributed by atoms with Gasteiger partial charge in [0.05, 0.1) is 9.82 Å². The van der Waals surface area contributed by atoms with E-state index in [0.29, 0.717) is 5.56 Å². The van der Waals surface area contributed by atoms with Crippen molar-refractivity contribution in [2.75, 3.05) is 0 Å². The summed E-state index contributed by atoms with van der Waals surface area (Å²) in [5.74, 6) is -1.79. The second-order valence-corrected chi connectivity index (χ2v) is 7.03. The number of nitrogens with one attached hydrogen (secondary N) is 1. The largest absolute Gasteiger partial charge is 0.480 e. The molecule has 0 aromatic heterocycles. The Bertz CT molecular complexity index is 711. The first-order chi connectivity index (χ1) is 9.97. The zero-order valence-corrected chi connectivity index (χ0v) is 13.5. The zero-order valence-electron chi connectivity index (χ0n) is 12.7. The van der Waals surface area contributed by atoms with Gasteiger partial charge >= 0.3 is 5.97 Å². The minimum Gasteiger partial charge on any atom is -0.480 e. The smallest absolute Gasteiger partial charge is 0.322 e. The lowest BCUT2D eigenvalue weighted by atomic mass is 10.1. The van der Waals surface area contributed by atoms with E-state index in [2.05, 4.69) is 4.72 Å². The number of rotatable bonds is 6. The molecule has 0 aliphatic heterocycles. The van der Waals surface area contributed by atoms with E-state index >= 15 is 0 Å². The van der Waals surface area contributed by atoms with Crippen LogP contribution in [0.2, 0.25) is 0 Å². The predicted molar refractivity (Wildman–Crippen MR) is 79.2 cm³/mol. The maximum atomic E-state index is 12.4. The summed E-state index contributed by atoms with van der Waals surface area (Å²) < 4.78 is 26.9. The maximum absolute atomic E-state index is 12.4. The summed E-state index contributed by atoms with van der Waals surface area (Å²) in [6.45, 7) is 5.97. The summed E-state index contributed by atoms with van der Waals surface area (Å²) in [6, 6.07) is 1.24. The van der Waals surface area contributed by atoms with Gasteiger partial charge in [-0.05, 0) is 31.4 Å². The molecule has 0 bridgehead atoms. The first kappa shape index (κ1) is 18.1. The van der Waals surface area contributed by atoms with Crippen molar-refractivity contribution in [2.45, 2.75) is 38.6 Å². The molecule has 1 aromatic rings. The minimum atomic E-state index is -4.19. The normalized spacial score (nSPS) is 13.1. The third-order valence-electron chi connectivity index (χ3n) is 3.18. The van der Waals surface area contributed by atoms with E-state index in [1.807, 2.05) is 0 Å². The van der Waals surface area contributed by atoms with Gasteiger partial charge in [0.15, 0.2) is 0 Å². The lowest BCUT2D eigenvalue weighted by Gasteiger charge is -2.19. The SMILES string of the molecule is Cc1cc([N+](=O)[O-])c(C)c(S(=O)(=O)N[C@@H](C(=O)O)C(C)C)c1. The molecule has 0 aliphatic carbocycles. The monoisotopic (exact) mass is 330 g/mol. The van der Waals surface area contributed by atoms with Crippen LogP contribution >= 0.6 is 0 Å². The molecule has 122 valence electrons. The van der Waals surface area contributed by atoms with Crippen molar-refractivity contribution in [3.8, 4) is 0 Å². The molecule has 0 saturated carbocycles. The third-order valence-corrected chi connectivity index (χ3v) is 4.75. The molecular weight excluding hydrogens is 312 g/mol. The summed E-state index contributed by atoms with van der Waals surface area (Å²) in [5.41, 5.74) is 0.0434. The number of carbonyl (C=O) groups is 1. The Balaban J connectivity index is 3.41. The number of nitro groups is 1. The van der Waals surface area contributed by atoms with Crippen molar-refractivity contribution in [3.05, 3.63) is 33.4 Å². The van der Waals surface area contributed by atoms with E-state index in [1.165, 1.54) is 26.0 Å². The van der Waals surface area contributed by atoms with Gasteiger partial charge in [0.25, 0.3) is 5.69 Å². The van der Waals surface area contributed by atoms with Crippen molar-refractivity contribution in [1.29, 1.82) is 0 Å². The average Bonchev–Trinajstić information content (AvgIpc) is 2.37. The van der Waals surface area contributed by atoms with Crippen molar-refractivity contribution >= 4 is 21.7 Å². The fraction of sp³-hybridized carbons (Fsp3) is 0.462. The quantitative estimate of drug-likeness (QED) is 0.602. The molecule has 2 N–H and O–H groups in total. The topological polar surface area (TPSA) is 127 Å². The van der Waals surface area contributed by atoms with Gasteiger partial charge in [-0.15, -0.1) is 0 Å². The molecule has 0 fully saturated rings. The number of hydrogen-bond acceptors (Lipinski definition) is 5. The molecule has 9 heteroatoms. The molecule has 1 aromatic carbocycles. The molecule has 22 heavy (non-hydrogen) atoms. The van der Waals surface area contributed by atoms with Crippen molar-refractivity contribution in [1.82, 2.24) is 4.72 Å². The Morgan fingerprint density at radius 3 is 2.27 bits per heavy atom. The fourth-order valence-corrected chi connectivity index (χ4v) is 3.66. The number of hydrogen-bond donors (Lipinski definition) is 2. The van der Waals surface area contributed by atoms with Crippen molar-refractivity contribution < 1.29 is 23.2 Å². The lowest BCUT2D eigenvalue weighted by Crippen LogP contribution is -2.44. The number of nitrogens with zero attached hydrogens (tertiary/aromatic N) is 1. The van der Waals surface area contributed by atoms with Crippen LogP contribution < -0.4 is 4.72 Å². The predicted octanol–water partition coefficient (Wildman–Crippen LogP) is 1.60. The second kappa shape index (κ2) is 6.41. The Morgan fingerprint density at radius 1 is 1.32 bits per heavy atom. The minimum absolute atomic E-state index is 0.0315. The Morgan fingerprint density at radius 2 is 1.86 bits per heavy atom. The summed E-state index contributed by atoms with van der Waals surface area (Å²) in [4.78, 5) is 21.2. The number of carboxylic acids is 1. The molecule has 8 nitrogen and oxygen atoms in total. The van der Waals surface area contributed by atoms with Crippen LogP contribution in [0.3, 0.4) is 0 Å². The van der Waals surface area contributed by atoms with Crippen molar-refractivity contribution in [2.24, 2.45) is 5.92 Å². The molecule has 0 unspecified atom stereocenters. The number of aryl methyl sites for hydroxylation is 1. The van der Waals surface area contributed by atoms with E-state index in [4.69, 9.17) is 5.11 Å². The maximum Gasteiger partial charge on any atom is 0.322 e. The molecule has 1 rings (SSSR count).